The molecular weight excluding hydrogens is 711 g/mol. The van der Waals surface area contributed by atoms with Gasteiger partial charge in [0, 0.05) is 12.8 Å². The van der Waals surface area contributed by atoms with E-state index >= 15 is 0 Å². The molecule has 0 bridgehead atoms. The number of hydrogen-bond acceptors (Lipinski definition) is 7. The van der Waals surface area contributed by atoms with Crippen LogP contribution in [-0.4, -0.2) is 37.2 Å². The fraction of sp³-hybridized carbons (Fsp3) is 0.540. The largest absolute Gasteiger partial charge is 0.462 e. The molecule has 1 unspecified atom stereocenters. The highest BCUT2D eigenvalue weighted by Crippen LogP contribution is 2.12. The molecule has 0 saturated carbocycles. The second kappa shape index (κ2) is 38.5. The Kier molecular flexibility index (Phi) is 34.2. The Bertz CT molecular complexity index is 1370. The molecule has 2 N–H and O–H groups in total. The lowest BCUT2D eigenvalue weighted by Crippen LogP contribution is -2.31. The van der Waals surface area contributed by atoms with E-state index in [9.17, 15) is 14.4 Å². The van der Waals surface area contributed by atoms with Gasteiger partial charge in [-0.3, -0.25) is 9.59 Å². The fourth-order valence-electron chi connectivity index (χ4n) is 5.67. The maximum atomic E-state index is 12.7. The molecule has 0 fully saturated rings. The van der Waals surface area contributed by atoms with Crippen LogP contribution in [-0.2, 0) is 28.6 Å². The molecule has 0 heterocycles. The first-order valence-corrected chi connectivity index (χ1v) is 21.9. The van der Waals surface area contributed by atoms with Gasteiger partial charge in [-0.25, -0.2) is 4.79 Å². The Morgan fingerprint density at radius 1 is 0.526 bits per heavy atom. The summed E-state index contributed by atoms with van der Waals surface area (Å²) in [7, 11) is 0. The minimum atomic E-state index is -0.916. The average Bonchev–Trinajstić information content (AvgIpc) is 3.21. The predicted molar refractivity (Wildman–Crippen MR) is 238 cm³/mol. The molecule has 0 aromatic heterocycles. The second-order valence-electron chi connectivity index (χ2n) is 14.4. The lowest BCUT2D eigenvalue weighted by Gasteiger charge is -2.18. The number of carbonyl (C=O) groups is 3. The van der Waals surface area contributed by atoms with Crippen molar-refractivity contribution in [1.82, 2.24) is 0 Å². The smallest absolute Gasteiger partial charge is 0.354 e. The van der Waals surface area contributed by atoms with E-state index in [1.807, 2.05) is 30.3 Å². The Morgan fingerprint density at radius 2 is 0.947 bits per heavy atom. The standard InChI is InChI=1S/C50H75NO6/c1-3-5-7-9-11-13-15-17-19-21-23-25-27-29-31-36-40-48(52)55-43-46(44-56-50(54)47(51)42-45-38-34-33-35-39-45)57-49(53)41-37-32-30-28-26-24-22-20-18-16-14-12-10-8-6-4-2/h7-10,13-16,19-22,33-35,38-39,42,46H,3-6,11-12,17-18,23-32,36-37,40-41,43-44,51H2,1-2H3/b9-7+,10-8+,15-13+,16-14+,21-19+,22-20+,47-42+. The Labute approximate surface area is 346 Å². The molecule has 316 valence electrons. The number of hydrogen-bond donors (Lipinski definition) is 1. The van der Waals surface area contributed by atoms with Gasteiger partial charge in [0.15, 0.2) is 6.10 Å². The summed E-state index contributed by atoms with van der Waals surface area (Å²) < 4.78 is 16.5. The third-order valence-electron chi connectivity index (χ3n) is 8.99. The fourth-order valence-corrected chi connectivity index (χ4v) is 5.67. The molecule has 0 aliphatic carbocycles. The topological polar surface area (TPSA) is 105 Å². The maximum absolute atomic E-state index is 12.7. The highest BCUT2D eigenvalue weighted by atomic mass is 16.6. The predicted octanol–water partition coefficient (Wildman–Crippen LogP) is 12.9. The van der Waals surface area contributed by atoms with E-state index in [0.717, 1.165) is 115 Å². The Balaban J connectivity index is 2.36. The van der Waals surface area contributed by atoms with Crippen molar-refractivity contribution in [2.45, 2.75) is 161 Å². The van der Waals surface area contributed by atoms with Crippen molar-refractivity contribution in [3.8, 4) is 0 Å². The van der Waals surface area contributed by atoms with Crippen LogP contribution in [0.15, 0.2) is 109 Å². The summed E-state index contributed by atoms with van der Waals surface area (Å²) >= 11 is 0. The molecule has 7 heteroatoms. The summed E-state index contributed by atoms with van der Waals surface area (Å²) in [6, 6.07) is 9.20. The van der Waals surface area contributed by atoms with E-state index in [4.69, 9.17) is 19.9 Å². The molecule has 1 aromatic rings. The SMILES string of the molecule is CCC/C=C/C/C=C/C/C=C/CCCCCCCC(=O)OCC(COC(=O)/C(N)=C\c1ccccc1)OC(=O)CCCCCCC/C=C/C/C=C/C/C=C/CCC. The van der Waals surface area contributed by atoms with Gasteiger partial charge in [-0.2, -0.15) is 0 Å². The number of benzene rings is 1. The van der Waals surface area contributed by atoms with Gasteiger partial charge in [-0.15, -0.1) is 0 Å². The van der Waals surface area contributed by atoms with Crippen LogP contribution in [0.5, 0.6) is 0 Å². The second-order valence-corrected chi connectivity index (χ2v) is 14.4. The summed E-state index contributed by atoms with van der Waals surface area (Å²) in [5, 5.41) is 0. The Hall–Kier alpha value is -4.39. The zero-order chi connectivity index (χ0) is 41.3. The van der Waals surface area contributed by atoms with Gasteiger partial charge < -0.3 is 19.9 Å². The highest BCUT2D eigenvalue weighted by Gasteiger charge is 2.20. The van der Waals surface area contributed by atoms with Crippen molar-refractivity contribution in [2.75, 3.05) is 13.2 Å². The summed E-state index contributed by atoms with van der Waals surface area (Å²) in [5.41, 5.74) is 6.65. The number of unbranched alkanes of at least 4 members (excludes halogenated alkanes) is 12. The number of carbonyl (C=O) groups excluding carboxylic acids is 3. The number of allylic oxidation sites excluding steroid dienone is 12. The van der Waals surface area contributed by atoms with Gasteiger partial charge >= 0.3 is 17.9 Å². The normalized spacial score (nSPS) is 12.9. The van der Waals surface area contributed by atoms with Crippen LogP contribution in [0.2, 0.25) is 0 Å². The molecule has 0 saturated heterocycles. The van der Waals surface area contributed by atoms with Crippen LogP contribution in [0.4, 0.5) is 0 Å². The summed E-state index contributed by atoms with van der Waals surface area (Å²) in [6.07, 6.45) is 48.5. The van der Waals surface area contributed by atoms with Crippen LogP contribution in [0, 0.1) is 0 Å². The van der Waals surface area contributed by atoms with E-state index in [2.05, 4.69) is 86.8 Å². The van der Waals surface area contributed by atoms with Crippen molar-refractivity contribution in [3.05, 3.63) is 115 Å². The average molecular weight is 786 g/mol. The first-order valence-electron chi connectivity index (χ1n) is 21.9. The van der Waals surface area contributed by atoms with Gasteiger partial charge in [0.05, 0.1) is 0 Å². The van der Waals surface area contributed by atoms with Crippen LogP contribution in [0.1, 0.15) is 161 Å². The molecule has 0 amide bonds. The first kappa shape index (κ1) is 50.6. The quantitative estimate of drug-likeness (QED) is 0.0240. The van der Waals surface area contributed by atoms with Gasteiger partial charge in [0.2, 0.25) is 0 Å². The third kappa shape index (κ3) is 33.5. The van der Waals surface area contributed by atoms with E-state index in [1.54, 1.807) is 0 Å². The lowest BCUT2D eigenvalue weighted by molar-refractivity contribution is -0.165. The zero-order valence-corrected chi connectivity index (χ0v) is 35.5. The van der Waals surface area contributed by atoms with Crippen molar-refractivity contribution in [1.29, 1.82) is 0 Å². The van der Waals surface area contributed by atoms with E-state index in [-0.39, 0.29) is 37.7 Å². The van der Waals surface area contributed by atoms with E-state index in [1.165, 1.54) is 18.9 Å². The molecule has 1 atom stereocenters. The summed E-state index contributed by atoms with van der Waals surface area (Å²) in [4.78, 5) is 37.9. The molecule has 0 spiro atoms. The van der Waals surface area contributed by atoms with Crippen LogP contribution in [0.3, 0.4) is 0 Å². The zero-order valence-electron chi connectivity index (χ0n) is 35.5. The van der Waals surface area contributed by atoms with Crippen molar-refractivity contribution in [3.63, 3.8) is 0 Å². The van der Waals surface area contributed by atoms with Crippen LogP contribution < -0.4 is 5.73 Å². The van der Waals surface area contributed by atoms with Crippen LogP contribution in [0.25, 0.3) is 6.08 Å². The molecule has 1 aromatic carbocycles. The van der Waals surface area contributed by atoms with Gasteiger partial charge in [0.25, 0.3) is 0 Å². The molecular formula is C50H75NO6. The minimum absolute atomic E-state index is 0.0732. The molecule has 57 heavy (non-hydrogen) atoms. The minimum Gasteiger partial charge on any atom is -0.462 e. The molecule has 0 aliphatic rings. The molecule has 7 nitrogen and oxygen atoms in total. The monoisotopic (exact) mass is 786 g/mol. The number of esters is 3. The lowest BCUT2D eigenvalue weighted by atomic mass is 10.1. The summed E-state index contributed by atoms with van der Waals surface area (Å²) in [6.45, 7) is 3.93. The molecule has 1 rings (SSSR count). The van der Waals surface area contributed by atoms with Crippen molar-refractivity contribution in [2.24, 2.45) is 5.73 Å². The first-order chi connectivity index (χ1) is 28.0. The summed E-state index contributed by atoms with van der Waals surface area (Å²) in [5.74, 6) is -1.49. The Morgan fingerprint density at radius 3 is 1.46 bits per heavy atom. The van der Waals surface area contributed by atoms with Gasteiger partial charge in [-0.1, -0.05) is 168 Å². The third-order valence-corrected chi connectivity index (χ3v) is 8.99. The van der Waals surface area contributed by atoms with Crippen molar-refractivity contribution < 1.29 is 28.6 Å². The van der Waals surface area contributed by atoms with E-state index in [0.29, 0.717) is 6.42 Å². The number of rotatable bonds is 35. The van der Waals surface area contributed by atoms with Gasteiger partial charge in [-0.05, 0) is 88.7 Å². The van der Waals surface area contributed by atoms with Crippen LogP contribution >= 0.6 is 0 Å². The number of nitrogens with two attached hydrogens (primary N) is 1. The van der Waals surface area contributed by atoms with Crippen molar-refractivity contribution >= 4 is 24.0 Å². The number of ether oxygens (including phenoxy) is 3. The molecule has 0 radical (unpaired) electrons. The van der Waals surface area contributed by atoms with E-state index < -0.39 is 18.0 Å². The van der Waals surface area contributed by atoms with Gasteiger partial charge in [0.1, 0.15) is 18.9 Å². The molecule has 0 aliphatic heterocycles. The highest BCUT2D eigenvalue weighted by molar-refractivity contribution is 5.92. The maximum Gasteiger partial charge on any atom is 0.354 e.